The van der Waals surface area contributed by atoms with E-state index in [1.807, 2.05) is 36.4 Å². The lowest BCUT2D eigenvalue weighted by molar-refractivity contribution is -0.168. The molecule has 0 aromatic heterocycles. The highest BCUT2D eigenvalue weighted by molar-refractivity contribution is 9.10. The fourth-order valence-electron chi connectivity index (χ4n) is 9.91. The number of para-hydroxylation sites is 2. The Hall–Kier alpha value is -2.45. The van der Waals surface area contributed by atoms with E-state index >= 15 is 0 Å². The van der Waals surface area contributed by atoms with Gasteiger partial charge in [0.2, 0.25) is 14.6 Å². The average Bonchev–Trinajstić information content (AvgIpc) is 3.68. The van der Waals surface area contributed by atoms with Crippen LogP contribution in [0, 0.1) is 0 Å². The average molecular weight is 745 g/mol. The molecule has 250 valence electrons. The van der Waals surface area contributed by atoms with Gasteiger partial charge < -0.3 is 35.8 Å². The minimum atomic E-state index is -1.90. The van der Waals surface area contributed by atoms with Crippen molar-refractivity contribution in [2.75, 3.05) is 31.3 Å². The number of carbonyl (C=O) groups excluding carboxylic acids is 4. The maximum absolute atomic E-state index is 14.9. The van der Waals surface area contributed by atoms with Crippen molar-refractivity contribution >= 4 is 88.0 Å². The molecule has 0 saturated carbocycles. The molecule has 10 heterocycles. The fourth-order valence-corrected chi connectivity index (χ4v) is 19.3. The molecule has 2 spiro atoms. The molecule has 10 unspecified atom stereocenters. The first-order valence-corrected chi connectivity index (χ1v) is 20.9. The first kappa shape index (κ1) is 30.4. The van der Waals surface area contributed by atoms with E-state index in [0.717, 1.165) is 42.2 Å². The molecule has 5 N–H and O–H groups in total. The molecule has 8 saturated heterocycles. The van der Waals surface area contributed by atoms with E-state index in [0.29, 0.717) is 22.5 Å². The van der Waals surface area contributed by atoms with E-state index in [1.54, 1.807) is 26.1 Å². The van der Waals surface area contributed by atoms with Gasteiger partial charge in [-0.05, 0) is 72.4 Å². The minimum absolute atomic E-state index is 0.375. The molecule has 4 amide bonds. The van der Waals surface area contributed by atoms with Gasteiger partial charge in [-0.1, -0.05) is 47.2 Å². The highest BCUT2D eigenvalue weighted by Crippen LogP contribution is 2.78. The number of likely N-dealkylation sites (N-methyl/N-ethyl adjacent to an activating group) is 2. The number of anilines is 2. The minimum Gasteiger partial charge on any atom is -0.392 e. The summed E-state index contributed by atoms with van der Waals surface area (Å²) in [7, 11) is 8.64. The van der Waals surface area contributed by atoms with Crippen molar-refractivity contribution in [3.8, 4) is 0 Å². The van der Waals surface area contributed by atoms with Gasteiger partial charge in [-0.2, -0.15) is 0 Å². The molecular formula is C30H28N6O7S5. The second-order valence-corrected chi connectivity index (χ2v) is 20.7. The van der Waals surface area contributed by atoms with Crippen LogP contribution in [-0.4, -0.2) is 123 Å². The first-order valence-electron chi connectivity index (χ1n) is 15.2. The van der Waals surface area contributed by atoms with Gasteiger partial charge in [0.05, 0.1) is 17.4 Å². The fraction of sp³-hybridized carbons (Fsp3) is 0.467. The predicted molar refractivity (Wildman–Crippen MR) is 184 cm³/mol. The number of nitrogens with one attached hydrogen (secondary N) is 2. The third-order valence-electron chi connectivity index (χ3n) is 12.2. The van der Waals surface area contributed by atoms with Crippen LogP contribution in [0.25, 0.3) is 0 Å². The number of piperazine rings is 2. The molecule has 12 rings (SSSR count). The van der Waals surface area contributed by atoms with Crippen molar-refractivity contribution in [3.05, 3.63) is 59.7 Å². The summed E-state index contributed by atoms with van der Waals surface area (Å²) in [5.41, 5.74) is -1.16. The summed E-state index contributed by atoms with van der Waals surface area (Å²) in [5, 5.41) is 44.5. The van der Waals surface area contributed by atoms with Gasteiger partial charge in [0.15, 0.2) is 4.87 Å². The zero-order valence-corrected chi connectivity index (χ0v) is 29.5. The molecular weight excluding hydrogens is 717 g/mol. The summed E-state index contributed by atoms with van der Waals surface area (Å²) in [6.07, 6.45) is -5.55. The number of hydrogen-bond donors (Lipinski definition) is 5. The number of carbonyl (C=O) groups is 4. The Kier molecular flexibility index (Phi) is 5.62. The first-order chi connectivity index (χ1) is 22.9. The lowest BCUT2D eigenvalue weighted by Crippen LogP contribution is -2.77. The van der Waals surface area contributed by atoms with Crippen LogP contribution < -0.4 is 10.6 Å². The zero-order chi connectivity index (χ0) is 33.6. The smallest absolute Gasteiger partial charge is 0.265 e. The highest BCUT2D eigenvalue weighted by atomic mass is 33.5. The van der Waals surface area contributed by atoms with Gasteiger partial charge in [0.25, 0.3) is 23.6 Å². The Bertz CT molecular complexity index is 1940. The van der Waals surface area contributed by atoms with Crippen molar-refractivity contribution in [2.24, 2.45) is 0 Å². The number of fused-ring (bicyclic) bond motifs is 12. The van der Waals surface area contributed by atoms with Gasteiger partial charge in [-0.25, -0.2) is 0 Å². The number of aliphatic hydroxyl groups is 3. The molecule has 0 aliphatic carbocycles. The molecule has 48 heavy (non-hydrogen) atoms. The molecule has 10 atom stereocenters. The molecule has 10 aliphatic rings. The predicted octanol–water partition coefficient (Wildman–Crippen LogP) is 0.951. The summed E-state index contributed by atoms with van der Waals surface area (Å²) in [6, 6.07) is 14.5. The second-order valence-electron chi connectivity index (χ2n) is 13.5. The monoisotopic (exact) mass is 744 g/mol. The number of aliphatic hydroxyl groups excluding tert-OH is 3. The van der Waals surface area contributed by atoms with Gasteiger partial charge >= 0.3 is 0 Å². The normalized spacial score (nSPS) is 45.8. The van der Waals surface area contributed by atoms with Crippen molar-refractivity contribution in [3.63, 3.8) is 0 Å². The molecule has 2 aromatic carbocycles. The molecule has 10 aliphatic heterocycles. The third-order valence-corrected chi connectivity index (χ3v) is 20.9. The van der Waals surface area contributed by atoms with Gasteiger partial charge in [-0.15, -0.1) is 0 Å². The molecule has 4 bridgehead atoms. The summed E-state index contributed by atoms with van der Waals surface area (Å²) < 4.78 is 0. The summed E-state index contributed by atoms with van der Waals surface area (Å²) in [5.74, 6) is -1.96. The lowest BCUT2D eigenvalue weighted by Gasteiger charge is -2.58. The molecule has 18 heteroatoms. The van der Waals surface area contributed by atoms with E-state index in [9.17, 15) is 34.5 Å². The Morgan fingerprint density at radius 2 is 1.19 bits per heavy atom. The summed E-state index contributed by atoms with van der Waals surface area (Å²) >= 11 is 0. The SMILES string of the molecule is CN1C(=O)C23SSC1(C)C(=O)N2C1Nc2ccccc2C1(C12c4ccccc4NC1N1C(=O)C4(CO)SSSC1(C(=O)N4C)C2O)C3O. The Balaban J connectivity index is 1.35. The Morgan fingerprint density at radius 1 is 0.688 bits per heavy atom. The standard InChI is InChI=1S/C30H28N6O7S5/c1-25-21(40)35-19-27(13-8-4-6-10-15(13)31-19,17(38)29(35,46-44-25)23(42)33(25)2)28-14-9-5-7-11-16(14)32-20(28)36-22(41)26(12-37)34(3)24(43)30(36,18(28)39)47-48-45-26/h4-11,17-20,31-32,37-39H,12H2,1-3H3. The van der Waals surface area contributed by atoms with E-state index in [2.05, 4.69) is 10.6 Å². The van der Waals surface area contributed by atoms with Crippen LogP contribution >= 0.6 is 53.0 Å². The third kappa shape index (κ3) is 2.59. The molecule has 0 radical (unpaired) electrons. The lowest BCUT2D eigenvalue weighted by atomic mass is 9.52. The topological polar surface area (TPSA) is 166 Å². The summed E-state index contributed by atoms with van der Waals surface area (Å²) in [4.78, 5) is 57.8. The number of amides is 4. The number of hydrogen-bond acceptors (Lipinski definition) is 14. The number of nitrogens with zero attached hydrogens (tertiary/aromatic N) is 4. The van der Waals surface area contributed by atoms with Crippen molar-refractivity contribution in [2.45, 2.75) is 61.8 Å². The Morgan fingerprint density at radius 3 is 1.75 bits per heavy atom. The largest absolute Gasteiger partial charge is 0.392 e. The van der Waals surface area contributed by atoms with Crippen LogP contribution in [0.2, 0.25) is 0 Å². The number of rotatable bonds is 2. The second kappa shape index (κ2) is 8.88. The van der Waals surface area contributed by atoms with Crippen LogP contribution in [0.4, 0.5) is 11.4 Å². The quantitative estimate of drug-likeness (QED) is 0.276. The van der Waals surface area contributed by atoms with Gasteiger partial charge in [-0.3, -0.25) is 29.0 Å². The molecule has 8 fully saturated rings. The van der Waals surface area contributed by atoms with Gasteiger partial charge in [0, 0.05) is 25.5 Å². The van der Waals surface area contributed by atoms with E-state index in [-0.39, 0.29) is 5.91 Å². The maximum atomic E-state index is 14.9. The summed E-state index contributed by atoms with van der Waals surface area (Å²) in [6.45, 7) is 1.02. The molecule has 2 aromatic rings. The zero-order valence-electron chi connectivity index (χ0n) is 25.4. The molecule has 13 nitrogen and oxygen atoms in total. The van der Waals surface area contributed by atoms with Crippen LogP contribution in [0.3, 0.4) is 0 Å². The van der Waals surface area contributed by atoms with E-state index in [4.69, 9.17) is 0 Å². The van der Waals surface area contributed by atoms with Gasteiger partial charge in [0.1, 0.15) is 24.5 Å². The highest BCUT2D eigenvalue weighted by Gasteiger charge is 2.92. The van der Waals surface area contributed by atoms with Crippen LogP contribution in [0.15, 0.2) is 48.5 Å². The number of benzene rings is 2. The van der Waals surface area contributed by atoms with Crippen molar-refractivity contribution < 1.29 is 34.5 Å². The maximum Gasteiger partial charge on any atom is 0.265 e. The van der Waals surface area contributed by atoms with Crippen molar-refractivity contribution in [1.82, 2.24) is 19.6 Å². The van der Waals surface area contributed by atoms with Crippen molar-refractivity contribution in [1.29, 1.82) is 0 Å². The van der Waals surface area contributed by atoms with Crippen LogP contribution in [-0.2, 0) is 30.0 Å². The van der Waals surface area contributed by atoms with E-state index in [1.165, 1.54) is 37.4 Å². The Labute approximate surface area is 293 Å². The van der Waals surface area contributed by atoms with Crippen LogP contribution in [0.1, 0.15) is 18.1 Å². The van der Waals surface area contributed by atoms with E-state index < -0.39 is 79.2 Å². The van der Waals surface area contributed by atoms with Crippen LogP contribution in [0.5, 0.6) is 0 Å².